The summed E-state index contributed by atoms with van der Waals surface area (Å²) < 4.78 is 13.1. The largest absolute Gasteiger partial charge is 0.508 e. The van der Waals surface area contributed by atoms with Crippen LogP contribution in [-0.2, 0) is 6.54 Å². The van der Waals surface area contributed by atoms with Crippen LogP contribution in [0.5, 0.6) is 5.75 Å². The molecule has 1 unspecified atom stereocenters. The molecule has 0 bridgehead atoms. The Bertz CT molecular complexity index is 566. The van der Waals surface area contributed by atoms with E-state index in [1.54, 1.807) is 0 Å². The normalized spacial score (nSPS) is 12.2. The van der Waals surface area contributed by atoms with Crippen LogP contribution < -0.4 is 5.32 Å². The number of anilines is 1. The van der Waals surface area contributed by atoms with Gasteiger partial charge in [0.1, 0.15) is 11.6 Å². The molecule has 0 fully saturated rings. The van der Waals surface area contributed by atoms with Gasteiger partial charge in [0.15, 0.2) is 0 Å². The molecule has 0 amide bonds. The number of phenols is 1. The molecule has 0 saturated heterocycles. The van der Waals surface area contributed by atoms with Gasteiger partial charge in [0.2, 0.25) is 0 Å². The van der Waals surface area contributed by atoms with E-state index in [9.17, 15) is 9.50 Å². The Hall–Kier alpha value is -2.03. The topological polar surface area (TPSA) is 32.3 Å². The molecular weight excluding hydrogens is 253 g/mol. The summed E-state index contributed by atoms with van der Waals surface area (Å²) in [5.41, 5.74) is 2.82. The van der Waals surface area contributed by atoms with Gasteiger partial charge in [0.25, 0.3) is 0 Å². The maximum atomic E-state index is 13.1. The zero-order valence-corrected chi connectivity index (χ0v) is 11.9. The summed E-state index contributed by atoms with van der Waals surface area (Å²) in [4.78, 5) is 0. The van der Waals surface area contributed by atoms with E-state index in [-0.39, 0.29) is 11.6 Å². The summed E-state index contributed by atoms with van der Waals surface area (Å²) in [7, 11) is 0. The third-order valence-corrected chi connectivity index (χ3v) is 3.62. The van der Waals surface area contributed by atoms with Crippen molar-refractivity contribution in [3.8, 4) is 5.75 Å². The van der Waals surface area contributed by atoms with Crippen molar-refractivity contribution in [1.29, 1.82) is 0 Å². The predicted molar refractivity (Wildman–Crippen MR) is 80.5 cm³/mol. The van der Waals surface area contributed by atoms with Crippen molar-refractivity contribution in [2.45, 2.75) is 32.7 Å². The standard InChI is InChI=1S/C17H20FNO/c1-3-12(2)13-4-7-16(8-5-13)19-11-14-10-15(18)6-9-17(14)20/h4-10,12,19-20H,3,11H2,1-2H3. The highest BCUT2D eigenvalue weighted by atomic mass is 19.1. The quantitative estimate of drug-likeness (QED) is 0.830. The fourth-order valence-electron chi connectivity index (χ4n) is 2.06. The monoisotopic (exact) mass is 273 g/mol. The SMILES string of the molecule is CCC(C)c1ccc(NCc2cc(F)ccc2O)cc1. The van der Waals surface area contributed by atoms with Gasteiger partial charge in [-0.2, -0.15) is 0 Å². The van der Waals surface area contributed by atoms with Crippen molar-refractivity contribution in [3.63, 3.8) is 0 Å². The lowest BCUT2D eigenvalue weighted by Crippen LogP contribution is -2.00. The highest BCUT2D eigenvalue weighted by Gasteiger charge is 2.04. The van der Waals surface area contributed by atoms with Crippen LogP contribution in [0.25, 0.3) is 0 Å². The Kier molecular flexibility index (Phi) is 4.61. The molecule has 2 nitrogen and oxygen atoms in total. The molecule has 0 aliphatic rings. The van der Waals surface area contributed by atoms with Crippen LogP contribution in [0, 0.1) is 5.82 Å². The zero-order chi connectivity index (χ0) is 14.5. The van der Waals surface area contributed by atoms with Crippen LogP contribution in [0.4, 0.5) is 10.1 Å². The van der Waals surface area contributed by atoms with Gasteiger partial charge in [-0.3, -0.25) is 0 Å². The summed E-state index contributed by atoms with van der Waals surface area (Å²) in [6.45, 7) is 4.77. The second-order valence-corrected chi connectivity index (χ2v) is 5.06. The Morgan fingerprint density at radius 3 is 2.50 bits per heavy atom. The number of phenolic OH excluding ortho intramolecular Hbond substituents is 1. The Balaban J connectivity index is 2.02. The maximum Gasteiger partial charge on any atom is 0.123 e. The van der Waals surface area contributed by atoms with E-state index in [4.69, 9.17) is 0 Å². The lowest BCUT2D eigenvalue weighted by Gasteiger charge is -2.11. The molecule has 0 saturated carbocycles. The third-order valence-electron chi connectivity index (χ3n) is 3.62. The zero-order valence-electron chi connectivity index (χ0n) is 11.9. The van der Waals surface area contributed by atoms with Crippen LogP contribution in [0.15, 0.2) is 42.5 Å². The van der Waals surface area contributed by atoms with Crippen LogP contribution in [0.3, 0.4) is 0 Å². The number of hydrogen-bond acceptors (Lipinski definition) is 2. The number of aromatic hydroxyl groups is 1. The molecule has 0 radical (unpaired) electrons. The number of halogens is 1. The summed E-state index contributed by atoms with van der Waals surface area (Å²) >= 11 is 0. The van der Waals surface area contributed by atoms with Gasteiger partial charge in [0, 0.05) is 17.8 Å². The molecule has 2 aromatic rings. The second kappa shape index (κ2) is 6.42. The summed E-state index contributed by atoms with van der Waals surface area (Å²) in [6.07, 6.45) is 1.12. The fraction of sp³-hybridized carbons (Fsp3) is 0.294. The van der Waals surface area contributed by atoms with Crippen molar-refractivity contribution >= 4 is 5.69 Å². The van der Waals surface area contributed by atoms with Crippen LogP contribution in [0.1, 0.15) is 37.3 Å². The van der Waals surface area contributed by atoms with Crippen molar-refractivity contribution < 1.29 is 9.50 Å². The van der Waals surface area contributed by atoms with E-state index in [0.29, 0.717) is 18.0 Å². The summed E-state index contributed by atoms with van der Waals surface area (Å²) in [5, 5.41) is 12.8. The van der Waals surface area contributed by atoms with Crippen molar-refractivity contribution in [3.05, 3.63) is 59.4 Å². The highest BCUT2D eigenvalue weighted by Crippen LogP contribution is 2.22. The maximum absolute atomic E-state index is 13.1. The number of benzene rings is 2. The van der Waals surface area contributed by atoms with Crippen molar-refractivity contribution in [2.75, 3.05) is 5.32 Å². The van der Waals surface area contributed by atoms with Gasteiger partial charge >= 0.3 is 0 Å². The van der Waals surface area contributed by atoms with E-state index in [0.717, 1.165) is 12.1 Å². The smallest absolute Gasteiger partial charge is 0.123 e. The minimum Gasteiger partial charge on any atom is -0.508 e. The molecule has 0 spiro atoms. The molecule has 20 heavy (non-hydrogen) atoms. The molecule has 0 aliphatic heterocycles. The number of rotatable bonds is 5. The lowest BCUT2D eigenvalue weighted by molar-refractivity contribution is 0.466. The van der Waals surface area contributed by atoms with Crippen molar-refractivity contribution in [1.82, 2.24) is 0 Å². The summed E-state index contributed by atoms with van der Waals surface area (Å²) in [6, 6.07) is 12.2. The van der Waals surface area contributed by atoms with Crippen LogP contribution in [0.2, 0.25) is 0 Å². The summed E-state index contributed by atoms with van der Waals surface area (Å²) in [5.74, 6) is 0.318. The molecule has 0 heterocycles. The first-order chi connectivity index (χ1) is 9.60. The van der Waals surface area contributed by atoms with E-state index < -0.39 is 0 Å². The average molecular weight is 273 g/mol. The molecule has 2 rings (SSSR count). The Labute approximate surface area is 119 Å². The molecule has 2 aromatic carbocycles. The first-order valence-corrected chi connectivity index (χ1v) is 6.91. The van der Waals surface area contributed by atoms with E-state index in [1.165, 1.54) is 23.8 Å². The fourth-order valence-corrected chi connectivity index (χ4v) is 2.06. The number of nitrogens with one attached hydrogen (secondary N) is 1. The number of hydrogen-bond donors (Lipinski definition) is 2. The van der Waals surface area contributed by atoms with E-state index >= 15 is 0 Å². The minimum atomic E-state index is -0.341. The second-order valence-electron chi connectivity index (χ2n) is 5.06. The van der Waals surface area contributed by atoms with Gasteiger partial charge < -0.3 is 10.4 Å². The van der Waals surface area contributed by atoms with Gasteiger partial charge in [-0.25, -0.2) is 4.39 Å². The van der Waals surface area contributed by atoms with Crippen LogP contribution >= 0.6 is 0 Å². The lowest BCUT2D eigenvalue weighted by atomic mass is 9.98. The molecule has 0 aromatic heterocycles. The van der Waals surface area contributed by atoms with Gasteiger partial charge in [-0.15, -0.1) is 0 Å². The average Bonchev–Trinajstić information content (AvgIpc) is 2.48. The third kappa shape index (κ3) is 3.50. The first kappa shape index (κ1) is 14.4. The van der Waals surface area contributed by atoms with Gasteiger partial charge in [-0.1, -0.05) is 26.0 Å². The Morgan fingerprint density at radius 2 is 1.85 bits per heavy atom. The molecule has 1 atom stereocenters. The highest BCUT2D eigenvalue weighted by molar-refractivity contribution is 5.46. The molecule has 3 heteroatoms. The first-order valence-electron chi connectivity index (χ1n) is 6.91. The molecule has 106 valence electrons. The predicted octanol–water partition coefficient (Wildman–Crippen LogP) is 4.66. The molecular formula is C17H20FNO. The minimum absolute atomic E-state index is 0.107. The van der Waals surface area contributed by atoms with Gasteiger partial charge in [-0.05, 0) is 48.2 Å². The van der Waals surface area contributed by atoms with Gasteiger partial charge in [0.05, 0.1) is 0 Å². The van der Waals surface area contributed by atoms with E-state index in [2.05, 4.69) is 31.3 Å². The van der Waals surface area contributed by atoms with Crippen molar-refractivity contribution in [2.24, 2.45) is 0 Å². The molecule has 2 N–H and O–H groups in total. The van der Waals surface area contributed by atoms with Crippen LogP contribution in [-0.4, -0.2) is 5.11 Å². The molecule has 0 aliphatic carbocycles. The van der Waals surface area contributed by atoms with E-state index in [1.807, 2.05) is 12.1 Å². The Morgan fingerprint density at radius 1 is 1.15 bits per heavy atom.